The highest BCUT2D eigenvalue weighted by Crippen LogP contribution is 2.63. The van der Waals surface area contributed by atoms with Crippen LogP contribution in [0.4, 0.5) is 0 Å². The Labute approximate surface area is 115 Å². The van der Waals surface area contributed by atoms with Crippen molar-refractivity contribution in [3.8, 4) is 0 Å². The first-order valence-corrected chi connectivity index (χ1v) is 9.81. The summed E-state index contributed by atoms with van der Waals surface area (Å²) in [6, 6.07) is 0. The van der Waals surface area contributed by atoms with E-state index in [4.69, 9.17) is 9.05 Å². The lowest BCUT2D eigenvalue weighted by molar-refractivity contribution is 0.236. The predicted molar refractivity (Wildman–Crippen MR) is 79.0 cm³/mol. The zero-order valence-corrected chi connectivity index (χ0v) is 13.6. The summed E-state index contributed by atoms with van der Waals surface area (Å²) in [6.07, 6.45) is 5.66. The smallest absolute Gasteiger partial charge is 0.301 e. The predicted octanol–water partition coefficient (Wildman–Crippen LogP) is 5.04. The molecule has 1 rings (SSSR count). The molecular formula is C13H25O3PS. The molecule has 1 atom stereocenters. The van der Waals surface area contributed by atoms with Crippen molar-refractivity contribution in [3.63, 3.8) is 0 Å². The van der Waals surface area contributed by atoms with Crippen molar-refractivity contribution >= 4 is 18.2 Å². The molecular weight excluding hydrogens is 267 g/mol. The van der Waals surface area contributed by atoms with Gasteiger partial charge in [0, 0.05) is 5.25 Å². The fraction of sp³-hybridized carbons (Fsp3) is 0.846. The van der Waals surface area contributed by atoms with Crippen LogP contribution in [0.2, 0.25) is 0 Å². The number of allylic oxidation sites excluding steroid dienone is 1. The highest BCUT2D eigenvalue weighted by atomic mass is 32.7. The van der Waals surface area contributed by atoms with Crippen LogP contribution in [-0.2, 0) is 13.6 Å². The minimum atomic E-state index is -2.97. The highest BCUT2D eigenvalue weighted by Gasteiger charge is 2.30. The van der Waals surface area contributed by atoms with Crippen molar-refractivity contribution in [1.82, 2.24) is 0 Å². The first-order valence-electron chi connectivity index (χ1n) is 6.78. The van der Waals surface area contributed by atoms with Crippen molar-refractivity contribution in [1.29, 1.82) is 0 Å². The summed E-state index contributed by atoms with van der Waals surface area (Å²) in [7, 11) is 0. The molecule has 0 aromatic carbocycles. The molecule has 0 aromatic rings. The second-order valence-corrected chi connectivity index (χ2v) is 8.92. The first-order chi connectivity index (χ1) is 8.50. The molecule has 0 spiro atoms. The van der Waals surface area contributed by atoms with Gasteiger partial charge in [-0.05, 0) is 50.4 Å². The van der Waals surface area contributed by atoms with E-state index in [1.807, 2.05) is 13.8 Å². The second kappa shape index (κ2) is 7.74. The lowest BCUT2D eigenvalue weighted by Crippen LogP contribution is -2.10. The molecule has 0 bridgehead atoms. The van der Waals surface area contributed by atoms with E-state index in [2.05, 4.69) is 19.9 Å². The van der Waals surface area contributed by atoms with Gasteiger partial charge in [-0.2, -0.15) is 0 Å². The van der Waals surface area contributed by atoms with Gasteiger partial charge in [-0.1, -0.05) is 25.5 Å². The summed E-state index contributed by atoms with van der Waals surface area (Å²) in [5, 5.41) is 0.264. The average molecular weight is 292 g/mol. The van der Waals surface area contributed by atoms with Gasteiger partial charge < -0.3 is 9.05 Å². The third-order valence-electron chi connectivity index (χ3n) is 2.93. The van der Waals surface area contributed by atoms with Gasteiger partial charge in [-0.15, -0.1) is 0 Å². The van der Waals surface area contributed by atoms with Gasteiger partial charge >= 0.3 is 6.80 Å². The molecule has 106 valence electrons. The van der Waals surface area contributed by atoms with Crippen LogP contribution in [0.15, 0.2) is 11.6 Å². The Kier molecular flexibility index (Phi) is 7.01. The van der Waals surface area contributed by atoms with E-state index in [-0.39, 0.29) is 5.25 Å². The number of hydrogen-bond donors (Lipinski definition) is 0. The van der Waals surface area contributed by atoms with Gasteiger partial charge in [0.25, 0.3) is 0 Å². The molecule has 1 aliphatic rings. The minimum Gasteiger partial charge on any atom is -0.301 e. The molecule has 0 saturated carbocycles. The Balaban J connectivity index is 2.69. The maximum Gasteiger partial charge on any atom is 0.389 e. The average Bonchev–Trinajstić information content (AvgIpc) is 2.29. The van der Waals surface area contributed by atoms with E-state index in [0.717, 1.165) is 6.42 Å². The standard InChI is InChI=1S/C13H25O3PS/c1-5-15-17(14,16-6-2)18-13-9-7-8-12(10-13)11(3)4/h10-11,13H,5-9H2,1-4H3. The van der Waals surface area contributed by atoms with Crippen molar-refractivity contribution < 1.29 is 13.6 Å². The SMILES string of the molecule is CCOP(=O)(OCC)SC1C=C(C(C)C)CCC1. The maximum absolute atomic E-state index is 12.4. The monoisotopic (exact) mass is 292 g/mol. The molecule has 0 amide bonds. The summed E-state index contributed by atoms with van der Waals surface area (Å²) in [5.41, 5.74) is 1.47. The third kappa shape index (κ3) is 5.08. The van der Waals surface area contributed by atoms with Crippen molar-refractivity contribution in [2.24, 2.45) is 5.92 Å². The largest absolute Gasteiger partial charge is 0.389 e. The number of hydrogen-bond acceptors (Lipinski definition) is 4. The second-order valence-electron chi connectivity index (χ2n) is 4.72. The third-order valence-corrected chi connectivity index (χ3v) is 7.20. The fourth-order valence-corrected chi connectivity index (χ4v) is 6.22. The summed E-state index contributed by atoms with van der Waals surface area (Å²) < 4.78 is 23.1. The zero-order chi connectivity index (χ0) is 13.6. The highest BCUT2D eigenvalue weighted by molar-refractivity contribution is 8.55. The summed E-state index contributed by atoms with van der Waals surface area (Å²) in [5.74, 6) is 0.576. The summed E-state index contributed by atoms with van der Waals surface area (Å²) in [6.45, 7) is 6.01. The van der Waals surface area contributed by atoms with E-state index >= 15 is 0 Å². The number of rotatable bonds is 7. The summed E-state index contributed by atoms with van der Waals surface area (Å²) in [4.78, 5) is 0. The molecule has 0 aliphatic heterocycles. The lowest BCUT2D eigenvalue weighted by atomic mass is 9.91. The molecule has 0 fully saturated rings. The van der Waals surface area contributed by atoms with Crippen LogP contribution in [0, 0.1) is 5.92 Å². The van der Waals surface area contributed by atoms with E-state index in [0.29, 0.717) is 19.1 Å². The normalized spacial score (nSPS) is 21.2. The van der Waals surface area contributed by atoms with E-state index in [1.165, 1.54) is 29.8 Å². The minimum absolute atomic E-state index is 0.264. The molecule has 3 nitrogen and oxygen atoms in total. The molecule has 5 heteroatoms. The molecule has 18 heavy (non-hydrogen) atoms. The molecule has 0 N–H and O–H groups in total. The van der Waals surface area contributed by atoms with Crippen molar-refractivity contribution in [2.75, 3.05) is 13.2 Å². The Hall–Kier alpha value is 0.240. The topological polar surface area (TPSA) is 35.5 Å². The van der Waals surface area contributed by atoms with Crippen LogP contribution in [-0.4, -0.2) is 18.5 Å². The van der Waals surface area contributed by atoms with Gasteiger partial charge in [0.1, 0.15) is 0 Å². The van der Waals surface area contributed by atoms with Crippen LogP contribution >= 0.6 is 18.2 Å². The Morgan fingerprint density at radius 1 is 1.39 bits per heavy atom. The van der Waals surface area contributed by atoms with E-state index in [1.54, 1.807) is 0 Å². The van der Waals surface area contributed by atoms with Crippen LogP contribution in [0.25, 0.3) is 0 Å². The fourth-order valence-electron chi connectivity index (χ4n) is 2.06. The Bertz CT molecular complexity index is 318. The molecule has 0 saturated heterocycles. The maximum atomic E-state index is 12.4. The van der Waals surface area contributed by atoms with Crippen LogP contribution in [0.1, 0.15) is 47.0 Å². The van der Waals surface area contributed by atoms with Crippen LogP contribution in [0.5, 0.6) is 0 Å². The molecule has 0 heterocycles. The van der Waals surface area contributed by atoms with Crippen molar-refractivity contribution in [3.05, 3.63) is 11.6 Å². The van der Waals surface area contributed by atoms with Gasteiger partial charge in [-0.3, -0.25) is 0 Å². The van der Waals surface area contributed by atoms with Gasteiger partial charge in [0.2, 0.25) is 0 Å². The molecule has 1 aliphatic carbocycles. The molecule has 0 radical (unpaired) electrons. The Morgan fingerprint density at radius 2 is 2.00 bits per heavy atom. The van der Waals surface area contributed by atoms with Gasteiger partial charge in [0.05, 0.1) is 13.2 Å². The van der Waals surface area contributed by atoms with E-state index < -0.39 is 6.80 Å². The first kappa shape index (κ1) is 16.3. The zero-order valence-electron chi connectivity index (χ0n) is 11.8. The Morgan fingerprint density at radius 3 is 2.50 bits per heavy atom. The van der Waals surface area contributed by atoms with Gasteiger partial charge in [0.15, 0.2) is 0 Å². The van der Waals surface area contributed by atoms with Crippen molar-refractivity contribution in [2.45, 2.75) is 52.2 Å². The quantitative estimate of drug-likeness (QED) is 0.486. The lowest BCUT2D eigenvalue weighted by Gasteiger charge is -2.25. The van der Waals surface area contributed by atoms with Crippen LogP contribution < -0.4 is 0 Å². The molecule has 1 unspecified atom stereocenters. The van der Waals surface area contributed by atoms with Gasteiger partial charge in [-0.25, -0.2) is 4.57 Å². The summed E-state index contributed by atoms with van der Waals surface area (Å²) >= 11 is 1.37. The van der Waals surface area contributed by atoms with E-state index in [9.17, 15) is 4.57 Å². The van der Waals surface area contributed by atoms with Crippen LogP contribution in [0.3, 0.4) is 0 Å². The molecule has 0 aromatic heterocycles.